The van der Waals surface area contributed by atoms with Crippen LogP contribution in [0.4, 0.5) is 5.82 Å². The molecule has 0 aliphatic heterocycles. The number of ether oxygens (including phenoxy) is 1. The smallest absolute Gasteiger partial charge is 0.146 e. The Morgan fingerprint density at radius 1 is 1.11 bits per heavy atom. The monoisotopic (exact) mass is 512 g/mol. The molecule has 4 N–H and O–H groups in total. The summed E-state index contributed by atoms with van der Waals surface area (Å²) in [5.41, 5.74) is 9.15. The van der Waals surface area contributed by atoms with Crippen LogP contribution in [0.1, 0.15) is 43.7 Å². The lowest BCUT2D eigenvalue weighted by atomic mass is 10.1. The quantitative estimate of drug-likeness (QED) is 0.138. The molecule has 2 atom stereocenters. The zero-order valence-electron chi connectivity index (χ0n) is 22.2. The number of fused-ring (bicyclic) bond motifs is 1. The average Bonchev–Trinajstić information content (AvgIpc) is 3.55. The Bertz CT molecular complexity index is 1260. The molecule has 2 aromatic heterocycles. The zero-order chi connectivity index (χ0) is 26.7. The Hall–Kier alpha value is -3.68. The molecule has 1 aromatic carbocycles. The number of nitrogens with two attached hydrogens (primary N) is 1. The first-order valence-electron chi connectivity index (χ1n) is 13.5. The van der Waals surface area contributed by atoms with E-state index in [0.29, 0.717) is 23.5 Å². The fourth-order valence-corrected chi connectivity index (χ4v) is 5.17. The van der Waals surface area contributed by atoms with Crippen LogP contribution in [0.3, 0.4) is 0 Å². The first kappa shape index (κ1) is 27.4. The Labute approximate surface area is 226 Å². The molecule has 1 saturated carbocycles. The van der Waals surface area contributed by atoms with Crippen LogP contribution >= 0.6 is 0 Å². The maximum absolute atomic E-state index is 6.12. The maximum atomic E-state index is 6.12. The number of nitrogen functional groups attached to an aromatic ring is 1. The largest absolute Gasteiger partial charge is 0.458 e. The predicted molar refractivity (Wildman–Crippen MR) is 158 cm³/mol. The zero-order valence-corrected chi connectivity index (χ0v) is 22.2. The number of benzene rings is 1. The van der Waals surface area contributed by atoms with E-state index in [1.807, 2.05) is 48.6 Å². The highest BCUT2D eigenvalue weighted by Gasteiger charge is 2.27. The van der Waals surface area contributed by atoms with Gasteiger partial charge in [-0.2, -0.15) is 0 Å². The van der Waals surface area contributed by atoms with Crippen LogP contribution < -0.4 is 21.1 Å². The summed E-state index contributed by atoms with van der Waals surface area (Å²) in [6.07, 6.45) is 14.8. The lowest BCUT2D eigenvalue weighted by Crippen LogP contribution is -2.26. The summed E-state index contributed by atoms with van der Waals surface area (Å²) >= 11 is 0. The lowest BCUT2D eigenvalue weighted by Gasteiger charge is -2.15. The highest BCUT2D eigenvalue weighted by atomic mass is 16.5. The van der Waals surface area contributed by atoms with E-state index in [1.54, 1.807) is 6.33 Å². The Balaban J connectivity index is 1.11. The molecule has 0 spiro atoms. The van der Waals surface area contributed by atoms with Gasteiger partial charge in [0.05, 0.1) is 5.39 Å². The van der Waals surface area contributed by atoms with Crippen LogP contribution in [0.15, 0.2) is 86.1 Å². The van der Waals surface area contributed by atoms with E-state index in [4.69, 9.17) is 10.5 Å². The van der Waals surface area contributed by atoms with Gasteiger partial charge in [-0.15, -0.1) is 0 Å². The van der Waals surface area contributed by atoms with E-state index in [9.17, 15) is 0 Å². The van der Waals surface area contributed by atoms with Crippen molar-refractivity contribution in [1.82, 2.24) is 25.2 Å². The maximum Gasteiger partial charge on any atom is 0.146 e. The third-order valence-corrected chi connectivity index (χ3v) is 7.13. The highest BCUT2D eigenvalue weighted by Crippen LogP contribution is 2.38. The van der Waals surface area contributed by atoms with Crippen molar-refractivity contribution in [3.8, 4) is 5.75 Å². The molecular weight excluding hydrogens is 472 g/mol. The third-order valence-electron chi connectivity index (χ3n) is 7.13. The van der Waals surface area contributed by atoms with Crippen molar-refractivity contribution in [1.29, 1.82) is 0 Å². The molecule has 1 aliphatic rings. The molecule has 0 radical (unpaired) electrons. The number of allylic oxidation sites excluding steroid dienone is 2. The minimum absolute atomic E-state index is 0.440. The van der Waals surface area contributed by atoms with Crippen LogP contribution in [0.25, 0.3) is 17.1 Å². The van der Waals surface area contributed by atoms with Crippen LogP contribution in [0, 0.1) is 5.92 Å². The Kier molecular flexibility index (Phi) is 9.90. The standard InChI is InChI=1S/C31H40N6O/c1-4-24(18-23(3)38-28-10-7-6-8-11-28)14-17-33-15-9-16-34-20-25-12-13-27(19-25)37-21-26(5-2)29-30(32)35-22-36-31(29)37/h4-8,10-11,18,21-22,25,27,33-34H,1-3,9,12-17,19-20H2,(H2,32,35,36)/b24-18+/t25-,27+/m1/s1. The number of nitrogens with zero attached hydrogens (tertiary/aromatic N) is 3. The first-order chi connectivity index (χ1) is 18.6. The lowest BCUT2D eigenvalue weighted by molar-refractivity contribution is 0.446. The first-order valence-corrected chi connectivity index (χ1v) is 13.5. The molecule has 0 unspecified atom stereocenters. The Morgan fingerprint density at radius 3 is 2.71 bits per heavy atom. The second-order valence-electron chi connectivity index (χ2n) is 9.85. The number of nitrogens with one attached hydrogen (secondary N) is 2. The van der Waals surface area contributed by atoms with Crippen LogP contribution in [0.5, 0.6) is 5.75 Å². The van der Waals surface area contributed by atoms with Crippen LogP contribution in [-0.2, 0) is 0 Å². The summed E-state index contributed by atoms with van der Waals surface area (Å²) in [6.45, 7) is 15.8. The number of rotatable bonds is 15. The van der Waals surface area contributed by atoms with Gasteiger partial charge in [-0.05, 0) is 88.0 Å². The van der Waals surface area contributed by atoms with Gasteiger partial charge in [0.25, 0.3) is 0 Å². The van der Waals surface area contributed by atoms with E-state index >= 15 is 0 Å². The van der Waals surface area contributed by atoms with E-state index in [-0.39, 0.29) is 0 Å². The van der Waals surface area contributed by atoms with Gasteiger partial charge in [0.1, 0.15) is 29.3 Å². The number of para-hydroxylation sites is 1. The molecule has 0 saturated heterocycles. The molecule has 2 heterocycles. The van der Waals surface area contributed by atoms with Crippen molar-refractivity contribution in [2.24, 2.45) is 5.92 Å². The summed E-state index contributed by atoms with van der Waals surface area (Å²) in [5, 5.41) is 8.10. The van der Waals surface area contributed by atoms with Crippen molar-refractivity contribution in [3.63, 3.8) is 0 Å². The number of hydrogen-bond acceptors (Lipinski definition) is 6. The molecule has 4 rings (SSSR count). The third kappa shape index (κ3) is 7.21. The van der Waals surface area contributed by atoms with Gasteiger partial charge in [0, 0.05) is 17.8 Å². The van der Waals surface area contributed by atoms with Crippen LogP contribution in [-0.4, -0.2) is 40.7 Å². The molecule has 0 amide bonds. The molecule has 1 aliphatic carbocycles. The summed E-state index contributed by atoms with van der Waals surface area (Å²) in [5.74, 6) is 2.60. The number of aromatic nitrogens is 3. The Morgan fingerprint density at radius 2 is 1.92 bits per heavy atom. The minimum Gasteiger partial charge on any atom is -0.458 e. The fraction of sp³-hybridized carbons (Fsp3) is 0.355. The summed E-state index contributed by atoms with van der Waals surface area (Å²) < 4.78 is 8.04. The molecule has 3 aromatic rings. The molecular formula is C31H40N6O. The molecule has 7 heteroatoms. The minimum atomic E-state index is 0.440. The molecule has 7 nitrogen and oxygen atoms in total. The number of hydrogen-bond donors (Lipinski definition) is 3. The average molecular weight is 513 g/mol. The normalized spacial score (nSPS) is 17.5. The number of anilines is 1. The second-order valence-corrected chi connectivity index (χ2v) is 9.85. The summed E-state index contributed by atoms with van der Waals surface area (Å²) in [6, 6.07) is 10.1. The van der Waals surface area contributed by atoms with Gasteiger partial charge in [-0.3, -0.25) is 0 Å². The van der Waals surface area contributed by atoms with Gasteiger partial charge in [-0.25, -0.2) is 9.97 Å². The van der Waals surface area contributed by atoms with Crippen molar-refractivity contribution >= 4 is 22.9 Å². The van der Waals surface area contributed by atoms with Gasteiger partial charge in [0.2, 0.25) is 0 Å². The highest BCUT2D eigenvalue weighted by molar-refractivity contribution is 5.94. The molecule has 1 fully saturated rings. The van der Waals surface area contributed by atoms with Crippen LogP contribution in [0.2, 0.25) is 0 Å². The van der Waals surface area contributed by atoms with E-state index in [1.165, 1.54) is 6.42 Å². The van der Waals surface area contributed by atoms with Crippen molar-refractivity contribution in [3.05, 3.63) is 91.6 Å². The molecule has 0 bridgehead atoms. The fourth-order valence-electron chi connectivity index (χ4n) is 5.17. The molecule has 38 heavy (non-hydrogen) atoms. The molecule has 200 valence electrons. The van der Waals surface area contributed by atoms with Crippen molar-refractivity contribution in [2.45, 2.75) is 38.1 Å². The van der Waals surface area contributed by atoms with Crippen molar-refractivity contribution < 1.29 is 4.74 Å². The van der Waals surface area contributed by atoms with E-state index in [0.717, 1.165) is 79.8 Å². The van der Waals surface area contributed by atoms with Crippen molar-refractivity contribution in [2.75, 3.05) is 31.9 Å². The summed E-state index contributed by atoms with van der Waals surface area (Å²) in [7, 11) is 0. The second kappa shape index (κ2) is 13.7. The van der Waals surface area contributed by atoms with Gasteiger partial charge >= 0.3 is 0 Å². The SMILES string of the molecule is C=C/C(=C\C(=C)Oc1ccccc1)CCNCCCNC[C@@H]1CC[C@H](n2cc(C=C)c3c(N)ncnc32)C1. The summed E-state index contributed by atoms with van der Waals surface area (Å²) in [4.78, 5) is 8.68. The topological polar surface area (TPSA) is 90.0 Å². The van der Waals surface area contributed by atoms with Gasteiger partial charge in [-0.1, -0.05) is 50.1 Å². The van der Waals surface area contributed by atoms with E-state index in [2.05, 4.69) is 51.1 Å². The predicted octanol–water partition coefficient (Wildman–Crippen LogP) is 5.66. The van der Waals surface area contributed by atoms with Gasteiger partial charge < -0.3 is 25.7 Å². The van der Waals surface area contributed by atoms with E-state index < -0.39 is 0 Å². The van der Waals surface area contributed by atoms with Gasteiger partial charge in [0.15, 0.2) is 0 Å².